The van der Waals surface area contributed by atoms with Gasteiger partial charge in [-0.3, -0.25) is 0 Å². The first-order chi connectivity index (χ1) is 11.8. The third-order valence-corrected chi connectivity index (χ3v) is 3.85. The van der Waals surface area contributed by atoms with Crippen LogP contribution in [0.5, 0.6) is 0 Å². The zero-order valence-corrected chi connectivity index (χ0v) is 13.2. The fourth-order valence-electron chi connectivity index (χ4n) is 2.66. The third kappa shape index (κ3) is 2.58. The van der Waals surface area contributed by atoms with Crippen LogP contribution in [0.2, 0.25) is 0 Å². The number of H-pyrrole nitrogens is 1. The molecular formula is C18H16N6. The van der Waals surface area contributed by atoms with E-state index >= 15 is 0 Å². The normalized spacial score (nSPS) is 12.0. The van der Waals surface area contributed by atoms with Gasteiger partial charge in [-0.05, 0) is 18.1 Å². The monoisotopic (exact) mass is 316 g/mol. The summed E-state index contributed by atoms with van der Waals surface area (Å²) in [4.78, 5) is 7.71. The maximum atomic E-state index is 4.47. The summed E-state index contributed by atoms with van der Waals surface area (Å²) < 4.78 is 0. The van der Waals surface area contributed by atoms with E-state index in [0.29, 0.717) is 11.6 Å². The van der Waals surface area contributed by atoms with E-state index in [0.717, 1.165) is 34.1 Å². The second kappa shape index (κ2) is 6.08. The van der Waals surface area contributed by atoms with E-state index in [1.54, 1.807) is 0 Å². The maximum Gasteiger partial charge on any atom is 0.265 e. The number of anilines is 1. The molecule has 0 radical (unpaired) electrons. The number of aromatic nitrogens is 4. The fourth-order valence-corrected chi connectivity index (χ4v) is 2.66. The Balaban J connectivity index is 1.67. The van der Waals surface area contributed by atoms with Crippen LogP contribution in [0.1, 0.15) is 18.9 Å². The Morgan fingerprint density at radius 1 is 1.04 bits per heavy atom. The Kier molecular flexibility index (Phi) is 3.63. The number of hydrazone groups is 1. The molecule has 0 saturated carbocycles. The van der Waals surface area contributed by atoms with Crippen molar-refractivity contribution in [2.75, 3.05) is 5.43 Å². The molecule has 0 aliphatic carbocycles. The zero-order valence-electron chi connectivity index (χ0n) is 13.2. The van der Waals surface area contributed by atoms with Crippen LogP contribution in [0, 0.1) is 0 Å². The van der Waals surface area contributed by atoms with E-state index in [1.807, 2.05) is 54.6 Å². The van der Waals surface area contributed by atoms with Crippen molar-refractivity contribution < 1.29 is 0 Å². The second-order valence-electron chi connectivity index (χ2n) is 5.39. The number of hydrogen-bond donors (Lipinski definition) is 2. The van der Waals surface area contributed by atoms with E-state index in [2.05, 4.69) is 37.6 Å². The number of para-hydroxylation sites is 1. The highest BCUT2D eigenvalue weighted by atomic mass is 15.4. The van der Waals surface area contributed by atoms with Crippen molar-refractivity contribution in [3.63, 3.8) is 0 Å². The molecule has 2 aromatic heterocycles. The molecule has 24 heavy (non-hydrogen) atoms. The lowest BCUT2D eigenvalue weighted by molar-refractivity contribution is 1.00. The number of fused-ring (bicyclic) bond motifs is 3. The summed E-state index contributed by atoms with van der Waals surface area (Å²) >= 11 is 0. The molecule has 6 nitrogen and oxygen atoms in total. The third-order valence-electron chi connectivity index (χ3n) is 3.85. The van der Waals surface area contributed by atoms with Crippen LogP contribution < -0.4 is 5.43 Å². The van der Waals surface area contributed by atoms with Crippen molar-refractivity contribution >= 4 is 33.7 Å². The highest BCUT2D eigenvalue weighted by molar-refractivity contribution is 6.03. The minimum atomic E-state index is 0.371. The molecule has 0 amide bonds. The van der Waals surface area contributed by atoms with Gasteiger partial charge in [-0.2, -0.15) is 10.1 Å². The van der Waals surface area contributed by atoms with Gasteiger partial charge in [0.2, 0.25) is 0 Å². The van der Waals surface area contributed by atoms with Crippen LogP contribution in [0.15, 0.2) is 59.7 Å². The minimum Gasteiger partial charge on any atom is -0.338 e. The molecule has 0 aliphatic rings. The van der Waals surface area contributed by atoms with Crippen molar-refractivity contribution in [3.05, 3.63) is 60.2 Å². The van der Waals surface area contributed by atoms with Gasteiger partial charge in [0, 0.05) is 10.9 Å². The summed E-state index contributed by atoms with van der Waals surface area (Å²) in [6, 6.07) is 18.0. The molecule has 0 aliphatic heterocycles. The smallest absolute Gasteiger partial charge is 0.265 e. The molecule has 0 bridgehead atoms. The van der Waals surface area contributed by atoms with Crippen molar-refractivity contribution in [1.82, 2.24) is 20.2 Å². The van der Waals surface area contributed by atoms with E-state index in [1.165, 1.54) is 0 Å². The molecule has 6 heteroatoms. The molecule has 118 valence electrons. The molecule has 4 aromatic rings. The van der Waals surface area contributed by atoms with E-state index in [9.17, 15) is 0 Å². The maximum absolute atomic E-state index is 4.47. The summed E-state index contributed by atoms with van der Waals surface area (Å²) in [7, 11) is 0. The quantitative estimate of drug-likeness (QED) is 0.444. The standard InChI is InChI=1S/C18H16N6/c1-2-14(12-8-4-3-5-9-12)21-23-18-20-17-16(22-24-18)13-10-6-7-11-15(13)19-17/h3-11H,2H2,1H3,(H2,19,20,23,24). The highest BCUT2D eigenvalue weighted by Crippen LogP contribution is 2.21. The van der Waals surface area contributed by atoms with Gasteiger partial charge in [-0.1, -0.05) is 55.5 Å². The van der Waals surface area contributed by atoms with Crippen LogP contribution in [-0.4, -0.2) is 25.9 Å². The van der Waals surface area contributed by atoms with E-state index in [4.69, 9.17) is 0 Å². The number of benzene rings is 2. The highest BCUT2D eigenvalue weighted by Gasteiger charge is 2.08. The minimum absolute atomic E-state index is 0.371. The lowest BCUT2D eigenvalue weighted by Gasteiger charge is -2.04. The fraction of sp³-hybridized carbons (Fsp3) is 0.111. The lowest BCUT2D eigenvalue weighted by Crippen LogP contribution is -2.05. The van der Waals surface area contributed by atoms with Gasteiger partial charge in [0.25, 0.3) is 5.95 Å². The van der Waals surface area contributed by atoms with Crippen molar-refractivity contribution in [1.29, 1.82) is 0 Å². The molecule has 2 N–H and O–H groups in total. The summed E-state index contributed by atoms with van der Waals surface area (Å²) in [5, 5.41) is 13.8. The summed E-state index contributed by atoms with van der Waals surface area (Å²) in [5.74, 6) is 0.371. The first-order valence-corrected chi connectivity index (χ1v) is 7.84. The zero-order chi connectivity index (χ0) is 16.4. The van der Waals surface area contributed by atoms with Crippen LogP contribution in [0.3, 0.4) is 0 Å². The largest absolute Gasteiger partial charge is 0.338 e. The van der Waals surface area contributed by atoms with Crippen molar-refractivity contribution in [2.24, 2.45) is 5.10 Å². The summed E-state index contributed by atoms with van der Waals surface area (Å²) in [6.45, 7) is 2.06. The van der Waals surface area contributed by atoms with Gasteiger partial charge >= 0.3 is 0 Å². The SMILES string of the molecule is CCC(=NNc1nnc2c(n1)[nH]c1ccccc12)c1ccccc1. The average molecular weight is 316 g/mol. The van der Waals surface area contributed by atoms with Gasteiger partial charge in [0.05, 0.1) is 5.71 Å². The average Bonchev–Trinajstić information content (AvgIpc) is 3.01. The first-order valence-electron chi connectivity index (χ1n) is 7.84. The molecule has 2 heterocycles. The second-order valence-corrected chi connectivity index (χ2v) is 5.39. The molecule has 0 atom stereocenters. The van der Waals surface area contributed by atoms with E-state index < -0.39 is 0 Å². The Morgan fingerprint density at radius 3 is 2.67 bits per heavy atom. The number of rotatable bonds is 4. The Morgan fingerprint density at radius 2 is 1.83 bits per heavy atom. The number of aromatic amines is 1. The topological polar surface area (TPSA) is 78.8 Å². The van der Waals surface area contributed by atoms with Gasteiger partial charge < -0.3 is 4.98 Å². The molecule has 4 rings (SSSR count). The predicted molar refractivity (Wildman–Crippen MR) is 96.1 cm³/mol. The first kappa shape index (κ1) is 14.3. The van der Waals surface area contributed by atoms with Crippen LogP contribution >= 0.6 is 0 Å². The Bertz CT molecular complexity index is 1020. The number of nitrogens with one attached hydrogen (secondary N) is 2. The molecule has 0 unspecified atom stereocenters. The van der Waals surface area contributed by atoms with E-state index in [-0.39, 0.29) is 0 Å². The van der Waals surface area contributed by atoms with Crippen LogP contribution in [-0.2, 0) is 0 Å². The number of nitrogens with zero attached hydrogens (tertiary/aromatic N) is 4. The molecule has 0 fully saturated rings. The number of hydrogen-bond acceptors (Lipinski definition) is 5. The van der Waals surface area contributed by atoms with Gasteiger partial charge in [-0.25, -0.2) is 5.43 Å². The Hall–Kier alpha value is -3.28. The molecule has 0 spiro atoms. The van der Waals surface area contributed by atoms with Crippen molar-refractivity contribution in [3.8, 4) is 0 Å². The summed E-state index contributed by atoms with van der Waals surface area (Å²) in [5.41, 5.74) is 7.38. The van der Waals surface area contributed by atoms with Crippen LogP contribution in [0.25, 0.3) is 22.1 Å². The van der Waals surface area contributed by atoms with Gasteiger partial charge in [0.15, 0.2) is 5.65 Å². The summed E-state index contributed by atoms with van der Waals surface area (Å²) in [6.07, 6.45) is 0.805. The van der Waals surface area contributed by atoms with Crippen molar-refractivity contribution in [2.45, 2.75) is 13.3 Å². The molecule has 2 aromatic carbocycles. The molecule has 0 saturated heterocycles. The lowest BCUT2D eigenvalue weighted by atomic mass is 10.1. The predicted octanol–water partition coefficient (Wildman–Crippen LogP) is 3.73. The van der Waals surface area contributed by atoms with Gasteiger partial charge in [-0.15, -0.1) is 10.2 Å². The Labute approximate surface area is 138 Å². The molecular weight excluding hydrogens is 300 g/mol. The van der Waals surface area contributed by atoms with Crippen LogP contribution in [0.4, 0.5) is 5.95 Å². The van der Waals surface area contributed by atoms with Gasteiger partial charge in [0.1, 0.15) is 5.52 Å².